The molecule has 5 rings (SSSR count). The largest absolute Gasteiger partial charge is 0.378 e. The Balaban J connectivity index is 1.46. The fraction of sp³-hybridized carbons (Fsp3) is 0.727. The summed E-state index contributed by atoms with van der Waals surface area (Å²) in [5, 5.41) is 4.70. The highest BCUT2D eigenvalue weighted by molar-refractivity contribution is 5.80. The van der Waals surface area contributed by atoms with Crippen LogP contribution in [0.25, 0.3) is 11.0 Å². The molecule has 1 N–H and O–H groups in total. The van der Waals surface area contributed by atoms with Crippen LogP contribution in [0, 0.1) is 5.92 Å². The lowest BCUT2D eigenvalue weighted by atomic mass is 9.77. The van der Waals surface area contributed by atoms with Crippen molar-refractivity contribution in [2.24, 2.45) is 5.92 Å². The van der Waals surface area contributed by atoms with Crippen molar-refractivity contribution < 1.29 is 18.3 Å². The molecule has 0 unspecified atom stereocenters. The van der Waals surface area contributed by atoms with Crippen LogP contribution in [0.1, 0.15) is 69.2 Å². The van der Waals surface area contributed by atoms with Crippen LogP contribution in [-0.4, -0.2) is 62.8 Å². The summed E-state index contributed by atoms with van der Waals surface area (Å²) in [6.07, 6.45) is 5.17. The first-order chi connectivity index (χ1) is 15.4. The molecular weight excluding hydrogens is 420 g/mol. The van der Waals surface area contributed by atoms with Crippen LogP contribution in [-0.2, 0) is 9.53 Å². The van der Waals surface area contributed by atoms with Crippen LogP contribution in [0.3, 0.4) is 0 Å². The summed E-state index contributed by atoms with van der Waals surface area (Å²) in [6, 6.07) is -0.202. The molecule has 32 heavy (non-hydrogen) atoms. The van der Waals surface area contributed by atoms with Gasteiger partial charge < -0.3 is 14.6 Å². The molecule has 1 amide bonds. The number of carbonyl (C=O) groups excluding carboxylic acids is 1. The highest BCUT2D eigenvalue weighted by Crippen LogP contribution is 2.40. The number of hydrogen-bond donors (Lipinski definition) is 1. The first-order valence-electron chi connectivity index (χ1n) is 11.6. The third-order valence-electron chi connectivity index (χ3n) is 7.27. The monoisotopic (exact) mass is 449 g/mol. The van der Waals surface area contributed by atoms with E-state index in [4.69, 9.17) is 9.72 Å². The average molecular weight is 450 g/mol. The van der Waals surface area contributed by atoms with Gasteiger partial charge in [-0.3, -0.25) is 9.59 Å². The molecule has 2 aromatic heterocycles. The Morgan fingerprint density at radius 3 is 2.59 bits per heavy atom. The quantitative estimate of drug-likeness (QED) is 0.778. The Kier molecular flexibility index (Phi) is 5.73. The summed E-state index contributed by atoms with van der Waals surface area (Å²) in [5.74, 6) is -2.42. The molecule has 10 heteroatoms. The van der Waals surface area contributed by atoms with Crippen LogP contribution in [0.2, 0.25) is 0 Å². The number of morpholine rings is 1. The van der Waals surface area contributed by atoms with Gasteiger partial charge in [0, 0.05) is 37.8 Å². The SMILES string of the molecule is O=C([C@H]1CCCC[C@@H]1c1nc2c(cnn2C2CCC(F)(F)CC2)c(=O)[nH]1)N1CCOCC1. The maximum absolute atomic E-state index is 13.6. The zero-order valence-electron chi connectivity index (χ0n) is 18.1. The van der Waals surface area contributed by atoms with Crippen molar-refractivity contribution >= 4 is 16.9 Å². The Morgan fingerprint density at radius 1 is 1.12 bits per heavy atom. The van der Waals surface area contributed by atoms with E-state index in [1.807, 2.05) is 4.90 Å². The number of fused-ring (bicyclic) bond motifs is 1. The third-order valence-corrected chi connectivity index (χ3v) is 7.27. The number of amides is 1. The molecule has 0 spiro atoms. The Bertz CT molecular complexity index is 1040. The summed E-state index contributed by atoms with van der Waals surface area (Å²) in [4.78, 5) is 35.6. The number of nitrogens with zero attached hydrogens (tertiary/aromatic N) is 4. The molecule has 1 aliphatic heterocycles. The van der Waals surface area contributed by atoms with Crippen LogP contribution in [0.5, 0.6) is 0 Å². The number of halogens is 2. The lowest BCUT2D eigenvalue weighted by molar-refractivity contribution is -0.141. The van der Waals surface area contributed by atoms with E-state index in [0.29, 0.717) is 56.0 Å². The number of carbonyl (C=O) groups is 1. The van der Waals surface area contributed by atoms with E-state index in [2.05, 4.69) is 10.1 Å². The Hall–Kier alpha value is -2.36. The van der Waals surface area contributed by atoms with Gasteiger partial charge in [-0.2, -0.15) is 5.10 Å². The number of H-pyrrole nitrogens is 1. The standard InChI is InChI=1S/C22H29F2N5O3/c23-22(24)7-5-14(6-8-22)29-19-17(13-25-29)20(30)27-18(26-19)15-3-1-2-4-16(15)21(31)28-9-11-32-12-10-28/h13-16H,1-12H2,(H,26,27,30)/t15-,16-/m0/s1. The van der Waals surface area contributed by atoms with E-state index in [1.54, 1.807) is 4.68 Å². The van der Waals surface area contributed by atoms with Gasteiger partial charge in [0.1, 0.15) is 11.2 Å². The van der Waals surface area contributed by atoms with Crippen molar-refractivity contribution in [3.8, 4) is 0 Å². The predicted molar refractivity (Wildman–Crippen MR) is 113 cm³/mol. The van der Waals surface area contributed by atoms with E-state index in [0.717, 1.165) is 25.7 Å². The van der Waals surface area contributed by atoms with Gasteiger partial charge in [-0.05, 0) is 25.7 Å². The van der Waals surface area contributed by atoms with Crippen LogP contribution < -0.4 is 5.56 Å². The number of hydrogen-bond acceptors (Lipinski definition) is 5. The fourth-order valence-electron chi connectivity index (χ4n) is 5.44. The van der Waals surface area contributed by atoms with Crippen molar-refractivity contribution in [2.45, 2.75) is 69.2 Å². The Morgan fingerprint density at radius 2 is 1.84 bits per heavy atom. The topological polar surface area (TPSA) is 93.1 Å². The summed E-state index contributed by atoms with van der Waals surface area (Å²) in [5.41, 5.74) is 0.141. The molecule has 8 nitrogen and oxygen atoms in total. The van der Waals surface area contributed by atoms with Crippen LogP contribution in [0.4, 0.5) is 8.78 Å². The van der Waals surface area contributed by atoms with Gasteiger partial charge in [0.2, 0.25) is 11.8 Å². The first kappa shape index (κ1) is 21.5. The van der Waals surface area contributed by atoms with Gasteiger partial charge in [-0.1, -0.05) is 12.8 Å². The number of aromatic nitrogens is 4. The molecule has 2 atom stereocenters. The normalized spacial score (nSPS) is 27.0. The number of aromatic amines is 1. The number of ether oxygens (including phenoxy) is 1. The molecule has 174 valence electrons. The van der Waals surface area contributed by atoms with Gasteiger partial charge in [-0.15, -0.1) is 0 Å². The highest BCUT2D eigenvalue weighted by atomic mass is 19.3. The zero-order chi connectivity index (χ0) is 22.3. The molecule has 0 bridgehead atoms. The van der Waals surface area contributed by atoms with E-state index in [-0.39, 0.29) is 42.2 Å². The summed E-state index contributed by atoms with van der Waals surface area (Å²) in [6.45, 7) is 2.27. The predicted octanol–water partition coefficient (Wildman–Crippen LogP) is 3.00. The van der Waals surface area contributed by atoms with E-state index in [9.17, 15) is 18.4 Å². The van der Waals surface area contributed by atoms with Crippen LogP contribution >= 0.6 is 0 Å². The molecular formula is C22H29F2N5O3. The molecule has 1 saturated heterocycles. The molecule has 2 saturated carbocycles. The summed E-state index contributed by atoms with van der Waals surface area (Å²) >= 11 is 0. The minimum absolute atomic E-state index is 0.101. The van der Waals surface area contributed by atoms with E-state index < -0.39 is 5.92 Å². The lowest BCUT2D eigenvalue weighted by Gasteiger charge is -2.35. The minimum Gasteiger partial charge on any atom is -0.378 e. The first-order valence-corrected chi connectivity index (χ1v) is 11.6. The van der Waals surface area contributed by atoms with Gasteiger partial charge in [-0.25, -0.2) is 18.4 Å². The number of rotatable bonds is 3. The lowest BCUT2D eigenvalue weighted by Crippen LogP contribution is -2.46. The minimum atomic E-state index is -2.63. The van der Waals surface area contributed by atoms with Crippen molar-refractivity contribution in [3.63, 3.8) is 0 Å². The molecule has 0 radical (unpaired) electrons. The van der Waals surface area contributed by atoms with Crippen molar-refractivity contribution in [2.75, 3.05) is 26.3 Å². The average Bonchev–Trinajstić information content (AvgIpc) is 3.24. The summed E-state index contributed by atoms with van der Waals surface area (Å²) in [7, 11) is 0. The molecule has 3 aliphatic rings. The maximum atomic E-state index is 13.6. The fourth-order valence-corrected chi connectivity index (χ4v) is 5.44. The molecule has 0 aromatic carbocycles. The van der Waals surface area contributed by atoms with E-state index >= 15 is 0 Å². The smallest absolute Gasteiger partial charge is 0.262 e. The maximum Gasteiger partial charge on any atom is 0.262 e. The van der Waals surface area contributed by atoms with Crippen molar-refractivity contribution in [1.29, 1.82) is 0 Å². The van der Waals surface area contributed by atoms with Gasteiger partial charge >= 0.3 is 0 Å². The molecule has 2 aliphatic carbocycles. The zero-order valence-corrected chi connectivity index (χ0v) is 18.1. The van der Waals surface area contributed by atoms with E-state index in [1.165, 1.54) is 6.20 Å². The van der Waals surface area contributed by atoms with Gasteiger partial charge in [0.05, 0.1) is 25.5 Å². The molecule has 3 heterocycles. The van der Waals surface area contributed by atoms with Gasteiger partial charge in [0.25, 0.3) is 5.56 Å². The van der Waals surface area contributed by atoms with Crippen molar-refractivity contribution in [1.82, 2.24) is 24.6 Å². The molecule has 3 fully saturated rings. The molecule has 2 aromatic rings. The third kappa shape index (κ3) is 4.04. The Labute approximate surface area is 184 Å². The van der Waals surface area contributed by atoms with Gasteiger partial charge in [0.15, 0.2) is 5.65 Å². The van der Waals surface area contributed by atoms with Crippen LogP contribution in [0.15, 0.2) is 11.0 Å². The highest BCUT2D eigenvalue weighted by Gasteiger charge is 2.38. The number of nitrogens with one attached hydrogen (secondary N) is 1. The second-order valence-corrected chi connectivity index (χ2v) is 9.30. The second-order valence-electron chi connectivity index (χ2n) is 9.30. The summed E-state index contributed by atoms with van der Waals surface area (Å²) < 4.78 is 34.3. The second kappa shape index (κ2) is 8.53. The number of alkyl halides is 2. The van der Waals surface area contributed by atoms with Crippen molar-refractivity contribution in [3.05, 3.63) is 22.4 Å².